The van der Waals surface area contributed by atoms with Gasteiger partial charge in [-0.25, -0.2) is 0 Å². The third-order valence-corrected chi connectivity index (χ3v) is 3.76. The molecule has 1 heterocycles. The number of methoxy groups -OCH3 is 1. The van der Waals surface area contributed by atoms with Gasteiger partial charge < -0.3 is 20.3 Å². The number of hydrogen-bond acceptors (Lipinski definition) is 4. The molecule has 0 aromatic carbocycles. The van der Waals surface area contributed by atoms with Crippen LogP contribution >= 0.6 is 0 Å². The lowest BCUT2D eigenvalue weighted by Crippen LogP contribution is -2.45. The van der Waals surface area contributed by atoms with Crippen molar-refractivity contribution < 1.29 is 9.53 Å². The minimum absolute atomic E-state index is 0.0782. The zero-order chi connectivity index (χ0) is 14.8. The van der Waals surface area contributed by atoms with Crippen molar-refractivity contribution in [1.82, 2.24) is 15.5 Å². The van der Waals surface area contributed by atoms with Gasteiger partial charge in [-0.05, 0) is 51.7 Å². The Hall–Kier alpha value is -0.650. The summed E-state index contributed by atoms with van der Waals surface area (Å²) < 4.78 is 4.95. The molecule has 0 aromatic rings. The highest BCUT2D eigenvalue weighted by Gasteiger charge is 2.16. The van der Waals surface area contributed by atoms with Gasteiger partial charge in [0, 0.05) is 26.8 Å². The highest BCUT2D eigenvalue weighted by molar-refractivity contribution is 5.81. The molecule has 118 valence electrons. The van der Waals surface area contributed by atoms with Crippen molar-refractivity contribution in [3.05, 3.63) is 0 Å². The summed E-state index contributed by atoms with van der Waals surface area (Å²) in [6.07, 6.45) is 3.53. The van der Waals surface area contributed by atoms with Crippen molar-refractivity contribution in [3.63, 3.8) is 0 Å². The van der Waals surface area contributed by atoms with Crippen LogP contribution in [0.15, 0.2) is 0 Å². The van der Waals surface area contributed by atoms with Crippen molar-refractivity contribution in [2.24, 2.45) is 5.92 Å². The van der Waals surface area contributed by atoms with E-state index in [4.69, 9.17) is 4.74 Å². The summed E-state index contributed by atoms with van der Waals surface area (Å²) in [5.41, 5.74) is 0. The van der Waals surface area contributed by atoms with E-state index in [0.29, 0.717) is 19.1 Å². The summed E-state index contributed by atoms with van der Waals surface area (Å²) in [6.45, 7) is 10.0. The second-order valence-corrected chi connectivity index (χ2v) is 5.88. The topological polar surface area (TPSA) is 53.6 Å². The summed E-state index contributed by atoms with van der Waals surface area (Å²) in [5.74, 6) is 0.659. The van der Waals surface area contributed by atoms with Gasteiger partial charge in [-0.2, -0.15) is 0 Å². The average molecular weight is 285 g/mol. The Morgan fingerprint density at radius 3 is 2.65 bits per heavy atom. The SMILES string of the molecule is COCCCNC(=O)C(C)NCC(C)CN1CCCC1. The Morgan fingerprint density at radius 1 is 1.30 bits per heavy atom. The summed E-state index contributed by atoms with van der Waals surface area (Å²) >= 11 is 0. The molecule has 1 aliphatic heterocycles. The van der Waals surface area contributed by atoms with Crippen LogP contribution in [0.5, 0.6) is 0 Å². The third-order valence-electron chi connectivity index (χ3n) is 3.76. The van der Waals surface area contributed by atoms with Crippen LogP contribution in [0, 0.1) is 5.92 Å². The predicted octanol–water partition coefficient (Wildman–Crippen LogP) is 0.849. The second-order valence-electron chi connectivity index (χ2n) is 5.88. The summed E-state index contributed by atoms with van der Waals surface area (Å²) in [7, 11) is 1.67. The molecule has 1 aliphatic rings. The molecule has 0 saturated carbocycles. The van der Waals surface area contributed by atoms with E-state index in [9.17, 15) is 4.79 Å². The van der Waals surface area contributed by atoms with Gasteiger partial charge >= 0.3 is 0 Å². The number of ether oxygens (including phenoxy) is 1. The van der Waals surface area contributed by atoms with Gasteiger partial charge in [0.05, 0.1) is 6.04 Å². The third kappa shape index (κ3) is 7.22. The van der Waals surface area contributed by atoms with Crippen LogP contribution in [0.1, 0.15) is 33.1 Å². The molecule has 1 saturated heterocycles. The lowest BCUT2D eigenvalue weighted by Gasteiger charge is -2.22. The van der Waals surface area contributed by atoms with Crippen LogP contribution < -0.4 is 10.6 Å². The van der Waals surface area contributed by atoms with E-state index in [1.165, 1.54) is 25.9 Å². The monoisotopic (exact) mass is 285 g/mol. The van der Waals surface area contributed by atoms with Crippen LogP contribution in [0.25, 0.3) is 0 Å². The van der Waals surface area contributed by atoms with Gasteiger partial charge in [-0.15, -0.1) is 0 Å². The van der Waals surface area contributed by atoms with Gasteiger partial charge in [0.15, 0.2) is 0 Å². The molecule has 2 unspecified atom stereocenters. The number of nitrogens with zero attached hydrogens (tertiary/aromatic N) is 1. The van der Waals surface area contributed by atoms with Crippen molar-refractivity contribution in [2.75, 3.05) is 46.4 Å². The van der Waals surface area contributed by atoms with Crippen LogP contribution in [-0.2, 0) is 9.53 Å². The molecule has 0 radical (unpaired) electrons. The van der Waals surface area contributed by atoms with Crippen LogP contribution in [0.2, 0.25) is 0 Å². The summed E-state index contributed by atoms with van der Waals surface area (Å²) in [4.78, 5) is 14.4. The predicted molar refractivity (Wildman–Crippen MR) is 81.8 cm³/mol. The fraction of sp³-hybridized carbons (Fsp3) is 0.933. The first-order chi connectivity index (χ1) is 9.63. The Balaban J connectivity index is 2.07. The molecule has 0 aliphatic carbocycles. The lowest BCUT2D eigenvalue weighted by molar-refractivity contribution is -0.122. The molecule has 20 heavy (non-hydrogen) atoms. The largest absolute Gasteiger partial charge is 0.385 e. The van der Waals surface area contributed by atoms with Gasteiger partial charge in [-0.3, -0.25) is 4.79 Å². The van der Waals surface area contributed by atoms with Gasteiger partial charge in [0.25, 0.3) is 0 Å². The fourth-order valence-corrected chi connectivity index (χ4v) is 2.52. The Kier molecular flexibility index (Phi) is 8.82. The molecule has 5 nitrogen and oxygen atoms in total. The first kappa shape index (κ1) is 17.4. The highest BCUT2D eigenvalue weighted by atomic mass is 16.5. The van der Waals surface area contributed by atoms with Crippen molar-refractivity contribution >= 4 is 5.91 Å². The second kappa shape index (κ2) is 10.1. The minimum Gasteiger partial charge on any atom is -0.385 e. The zero-order valence-corrected chi connectivity index (χ0v) is 13.3. The van der Waals surface area contributed by atoms with Crippen LogP contribution in [0.4, 0.5) is 0 Å². The molecule has 1 amide bonds. The van der Waals surface area contributed by atoms with E-state index in [1.54, 1.807) is 7.11 Å². The molecule has 1 fully saturated rings. The molecular weight excluding hydrogens is 254 g/mol. The maximum absolute atomic E-state index is 11.8. The average Bonchev–Trinajstić information content (AvgIpc) is 2.93. The molecule has 2 N–H and O–H groups in total. The normalized spacial score (nSPS) is 18.9. The number of likely N-dealkylation sites (tertiary alicyclic amines) is 1. The van der Waals surface area contributed by atoms with E-state index in [1.807, 2.05) is 6.92 Å². The van der Waals surface area contributed by atoms with Crippen molar-refractivity contribution in [2.45, 2.75) is 39.2 Å². The Bertz CT molecular complexity index is 268. The molecule has 0 spiro atoms. The number of carbonyl (C=O) groups is 1. The lowest BCUT2D eigenvalue weighted by atomic mass is 10.1. The van der Waals surface area contributed by atoms with Gasteiger partial charge in [-0.1, -0.05) is 6.92 Å². The summed E-state index contributed by atoms with van der Waals surface area (Å²) in [5, 5.41) is 6.25. The van der Waals surface area contributed by atoms with Gasteiger partial charge in [0.2, 0.25) is 5.91 Å². The number of rotatable bonds is 10. The fourth-order valence-electron chi connectivity index (χ4n) is 2.52. The quantitative estimate of drug-likeness (QED) is 0.584. The van der Waals surface area contributed by atoms with Gasteiger partial charge in [0.1, 0.15) is 0 Å². The first-order valence-electron chi connectivity index (χ1n) is 7.86. The van der Waals surface area contributed by atoms with E-state index >= 15 is 0 Å². The Morgan fingerprint density at radius 2 is 2.00 bits per heavy atom. The summed E-state index contributed by atoms with van der Waals surface area (Å²) in [6, 6.07) is -0.126. The smallest absolute Gasteiger partial charge is 0.236 e. The number of hydrogen-bond donors (Lipinski definition) is 2. The molecule has 0 bridgehead atoms. The van der Waals surface area contributed by atoms with E-state index in [0.717, 1.165) is 19.5 Å². The zero-order valence-electron chi connectivity index (χ0n) is 13.3. The van der Waals surface area contributed by atoms with E-state index < -0.39 is 0 Å². The van der Waals surface area contributed by atoms with Crippen LogP contribution in [0.3, 0.4) is 0 Å². The van der Waals surface area contributed by atoms with E-state index in [-0.39, 0.29) is 11.9 Å². The first-order valence-corrected chi connectivity index (χ1v) is 7.86. The molecule has 1 rings (SSSR count). The molecular formula is C15H31N3O2. The number of amides is 1. The molecule has 0 aromatic heterocycles. The Labute approximate surface area is 123 Å². The molecule has 5 heteroatoms. The maximum atomic E-state index is 11.8. The van der Waals surface area contributed by atoms with Crippen molar-refractivity contribution in [3.8, 4) is 0 Å². The number of carbonyl (C=O) groups excluding carboxylic acids is 1. The van der Waals surface area contributed by atoms with Crippen molar-refractivity contribution in [1.29, 1.82) is 0 Å². The minimum atomic E-state index is -0.126. The highest BCUT2D eigenvalue weighted by Crippen LogP contribution is 2.09. The maximum Gasteiger partial charge on any atom is 0.236 e. The standard InChI is InChI=1S/C15H31N3O2/c1-13(12-18-8-4-5-9-18)11-17-14(2)15(19)16-7-6-10-20-3/h13-14,17H,4-12H2,1-3H3,(H,16,19). The number of nitrogens with one attached hydrogen (secondary N) is 2. The molecule has 2 atom stereocenters. The van der Waals surface area contributed by atoms with Crippen LogP contribution in [-0.4, -0.2) is 63.3 Å². The van der Waals surface area contributed by atoms with E-state index in [2.05, 4.69) is 22.5 Å².